The van der Waals surface area contributed by atoms with Crippen molar-refractivity contribution in [2.24, 2.45) is 0 Å². The molecule has 7 heteroatoms. The Bertz CT molecular complexity index is 1240. The van der Waals surface area contributed by atoms with Crippen LogP contribution in [0.1, 0.15) is 57.2 Å². The van der Waals surface area contributed by atoms with Gasteiger partial charge in [0.2, 0.25) is 5.91 Å². The van der Waals surface area contributed by atoms with Crippen LogP contribution in [0.15, 0.2) is 72.8 Å². The molecule has 3 aromatic carbocycles. The van der Waals surface area contributed by atoms with Crippen LogP contribution in [-0.4, -0.2) is 35.9 Å². The third-order valence-electron chi connectivity index (χ3n) is 6.48. The van der Waals surface area contributed by atoms with Crippen molar-refractivity contribution in [2.75, 3.05) is 13.2 Å². The predicted octanol–water partition coefficient (Wildman–Crippen LogP) is 7.23. The zero-order valence-electron chi connectivity index (χ0n) is 23.2. The Morgan fingerprint density at radius 3 is 2.28 bits per heavy atom. The summed E-state index contributed by atoms with van der Waals surface area (Å²) >= 11 is 12.4. The van der Waals surface area contributed by atoms with Crippen molar-refractivity contribution in [3.8, 4) is 5.75 Å². The minimum absolute atomic E-state index is 0.158. The highest BCUT2D eigenvalue weighted by Crippen LogP contribution is 2.31. The van der Waals surface area contributed by atoms with Gasteiger partial charge in [0, 0.05) is 19.5 Å². The SMILES string of the molecule is CCCCNC(=O)C(Cc1ccccc1)N(Cc1ccc(Cl)c(Cl)c1)C(=O)COc1ccccc1C(C)(C)C. The second kappa shape index (κ2) is 14.4. The van der Waals surface area contributed by atoms with Crippen LogP contribution in [0.2, 0.25) is 10.0 Å². The molecule has 0 saturated heterocycles. The number of ether oxygens (including phenoxy) is 1. The summed E-state index contributed by atoms with van der Waals surface area (Å²) in [4.78, 5) is 29.0. The Morgan fingerprint density at radius 1 is 0.923 bits per heavy atom. The van der Waals surface area contributed by atoms with Gasteiger partial charge in [-0.25, -0.2) is 0 Å². The first-order valence-corrected chi connectivity index (χ1v) is 14.1. The molecule has 0 aliphatic heterocycles. The normalized spacial score (nSPS) is 12.1. The molecule has 39 heavy (non-hydrogen) atoms. The van der Waals surface area contributed by atoms with Crippen molar-refractivity contribution in [3.05, 3.63) is 99.5 Å². The maximum atomic E-state index is 13.9. The van der Waals surface area contributed by atoms with Crippen LogP contribution in [0.3, 0.4) is 0 Å². The molecule has 0 aliphatic rings. The highest BCUT2D eigenvalue weighted by Gasteiger charge is 2.31. The van der Waals surface area contributed by atoms with E-state index in [2.05, 4.69) is 33.0 Å². The zero-order chi connectivity index (χ0) is 28.4. The van der Waals surface area contributed by atoms with Gasteiger partial charge in [0.1, 0.15) is 11.8 Å². The Balaban J connectivity index is 1.94. The summed E-state index contributed by atoms with van der Waals surface area (Å²) in [6, 6.07) is 21.9. The van der Waals surface area contributed by atoms with E-state index >= 15 is 0 Å². The maximum Gasteiger partial charge on any atom is 0.261 e. The molecule has 0 radical (unpaired) electrons. The van der Waals surface area contributed by atoms with Gasteiger partial charge in [-0.15, -0.1) is 0 Å². The van der Waals surface area contributed by atoms with Crippen LogP contribution in [-0.2, 0) is 28.0 Å². The summed E-state index contributed by atoms with van der Waals surface area (Å²) in [5.74, 6) is 0.159. The van der Waals surface area contributed by atoms with E-state index in [-0.39, 0.29) is 30.4 Å². The number of rotatable bonds is 12. The number of carbonyl (C=O) groups excluding carboxylic acids is 2. The van der Waals surface area contributed by atoms with Crippen LogP contribution in [0, 0.1) is 0 Å². The summed E-state index contributed by atoms with van der Waals surface area (Å²) in [7, 11) is 0. The number of nitrogens with zero attached hydrogens (tertiary/aromatic N) is 1. The molecule has 0 spiro atoms. The van der Waals surface area contributed by atoms with Gasteiger partial charge in [0.15, 0.2) is 6.61 Å². The van der Waals surface area contributed by atoms with E-state index in [0.29, 0.717) is 28.8 Å². The van der Waals surface area contributed by atoms with Gasteiger partial charge in [-0.1, -0.05) is 112 Å². The van der Waals surface area contributed by atoms with Crippen molar-refractivity contribution in [3.63, 3.8) is 0 Å². The van der Waals surface area contributed by atoms with E-state index in [1.807, 2.05) is 60.7 Å². The van der Waals surface area contributed by atoms with Crippen LogP contribution in [0.25, 0.3) is 0 Å². The minimum Gasteiger partial charge on any atom is -0.483 e. The number of carbonyl (C=O) groups is 2. The summed E-state index contributed by atoms with van der Waals surface area (Å²) in [6.07, 6.45) is 2.18. The van der Waals surface area contributed by atoms with Gasteiger partial charge < -0.3 is 15.0 Å². The highest BCUT2D eigenvalue weighted by molar-refractivity contribution is 6.42. The van der Waals surface area contributed by atoms with E-state index < -0.39 is 6.04 Å². The second-order valence-corrected chi connectivity index (χ2v) is 11.5. The van der Waals surface area contributed by atoms with Gasteiger partial charge in [-0.05, 0) is 46.7 Å². The van der Waals surface area contributed by atoms with E-state index in [0.717, 1.165) is 29.5 Å². The smallest absolute Gasteiger partial charge is 0.261 e. The summed E-state index contributed by atoms with van der Waals surface area (Å²) in [5.41, 5.74) is 2.58. The molecule has 3 aromatic rings. The molecule has 0 heterocycles. The van der Waals surface area contributed by atoms with Crippen molar-refractivity contribution < 1.29 is 14.3 Å². The molecule has 0 aromatic heterocycles. The van der Waals surface area contributed by atoms with Crippen LogP contribution in [0.5, 0.6) is 5.75 Å². The number of unbranched alkanes of at least 4 members (excludes halogenated alkanes) is 1. The number of amides is 2. The molecule has 1 N–H and O–H groups in total. The van der Waals surface area contributed by atoms with Gasteiger partial charge >= 0.3 is 0 Å². The first kappa shape index (κ1) is 30.5. The fraction of sp³-hybridized carbons (Fsp3) is 0.375. The fourth-order valence-corrected chi connectivity index (χ4v) is 4.65. The molecule has 1 atom stereocenters. The van der Waals surface area contributed by atoms with E-state index in [1.54, 1.807) is 17.0 Å². The van der Waals surface area contributed by atoms with Gasteiger partial charge in [0.25, 0.3) is 5.91 Å². The molecule has 2 amide bonds. The zero-order valence-corrected chi connectivity index (χ0v) is 24.7. The van der Waals surface area contributed by atoms with Crippen molar-refractivity contribution in [2.45, 2.75) is 65.0 Å². The van der Waals surface area contributed by atoms with Crippen LogP contribution >= 0.6 is 23.2 Å². The van der Waals surface area contributed by atoms with Crippen LogP contribution < -0.4 is 10.1 Å². The average molecular weight is 570 g/mol. The molecule has 5 nitrogen and oxygen atoms in total. The predicted molar refractivity (Wildman–Crippen MR) is 160 cm³/mol. The number of nitrogens with one attached hydrogen (secondary N) is 1. The standard InChI is InChI=1S/C32H38Cl2N2O3/c1-5-6-18-35-31(38)28(20-23-12-8-7-9-13-23)36(21-24-16-17-26(33)27(34)19-24)30(37)22-39-29-15-11-10-14-25(29)32(2,3)4/h7-17,19,28H,5-6,18,20-22H2,1-4H3,(H,35,38). The monoisotopic (exact) mass is 568 g/mol. The summed E-state index contributed by atoms with van der Waals surface area (Å²) < 4.78 is 6.10. The van der Waals surface area contributed by atoms with E-state index in [1.165, 1.54) is 0 Å². The van der Waals surface area contributed by atoms with Gasteiger partial charge in [-0.2, -0.15) is 0 Å². The topological polar surface area (TPSA) is 58.6 Å². The molecule has 1 unspecified atom stereocenters. The first-order chi connectivity index (χ1) is 18.6. The average Bonchev–Trinajstić information content (AvgIpc) is 2.91. The van der Waals surface area contributed by atoms with Crippen molar-refractivity contribution in [1.29, 1.82) is 0 Å². The van der Waals surface area contributed by atoms with Gasteiger partial charge in [0.05, 0.1) is 10.0 Å². The second-order valence-electron chi connectivity index (χ2n) is 10.7. The quantitative estimate of drug-likeness (QED) is 0.234. The molecule has 0 saturated carbocycles. The molecule has 3 rings (SSSR count). The molecule has 0 aliphatic carbocycles. The Morgan fingerprint density at radius 2 is 1.62 bits per heavy atom. The molecular formula is C32H38Cl2N2O3. The number of benzene rings is 3. The number of hydrogen-bond acceptors (Lipinski definition) is 3. The van der Waals surface area contributed by atoms with E-state index in [4.69, 9.17) is 27.9 Å². The Labute approximate surface area is 242 Å². The molecule has 0 fully saturated rings. The molecule has 208 valence electrons. The van der Waals surface area contributed by atoms with Crippen molar-refractivity contribution in [1.82, 2.24) is 10.2 Å². The highest BCUT2D eigenvalue weighted by atomic mass is 35.5. The maximum absolute atomic E-state index is 13.9. The lowest BCUT2D eigenvalue weighted by molar-refractivity contribution is -0.142. The lowest BCUT2D eigenvalue weighted by Crippen LogP contribution is -2.51. The summed E-state index contributed by atoms with van der Waals surface area (Å²) in [5, 5.41) is 3.85. The summed E-state index contributed by atoms with van der Waals surface area (Å²) in [6.45, 7) is 8.89. The van der Waals surface area contributed by atoms with Crippen molar-refractivity contribution >= 4 is 35.0 Å². The van der Waals surface area contributed by atoms with E-state index in [9.17, 15) is 9.59 Å². The molecule has 0 bridgehead atoms. The van der Waals surface area contributed by atoms with Gasteiger partial charge in [-0.3, -0.25) is 9.59 Å². The Kier molecular flexibility index (Phi) is 11.3. The van der Waals surface area contributed by atoms with Crippen LogP contribution in [0.4, 0.5) is 0 Å². The minimum atomic E-state index is -0.743. The number of para-hydroxylation sites is 1. The third kappa shape index (κ3) is 9.01. The largest absolute Gasteiger partial charge is 0.483 e. The fourth-order valence-electron chi connectivity index (χ4n) is 4.33. The molecular weight excluding hydrogens is 531 g/mol. The lowest BCUT2D eigenvalue weighted by atomic mass is 9.86. The lowest BCUT2D eigenvalue weighted by Gasteiger charge is -2.32. The Hall–Kier alpha value is -3.02. The first-order valence-electron chi connectivity index (χ1n) is 13.4. The number of hydrogen-bond donors (Lipinski definition) is 1. The third-order valence-corrected chi connectivity index (χ3v) is 7.22. The number of halogens is 2.